The highest BCUT2D eigenvalue weighted by molar-refractivity contribution is 7.44. The fourth-order valence-corrected chi connectivity index (χ4v) is 8.82. The first-order chi connectivity index (χ1) is 33.9. The standard InChI is InChI=1S/C47H57N10O9P.CH4O/c1-30(2)56(31(3)4)67(64-23-11-21-48)66-44-27-45(65-34(44)7)55-28-35(46(60)49-47(55)61)12-9-13-39(59)14-10-22-54(8)38-18-16-37(17-19-38)50-53-42-25-33(6)41(26-36(42)29-58)52-51-40-20-15-32(5)24-43(40)57(62)63;1-2/h15-20,24-26,28,30-31,34,44-45,58H,10-11,13-14,22-23,27,29H2,1-8H3,(H,49,60,61);2H,1H3/i7D;2T. The van der Waals surface area contributed by atoms with E-state index in [1.165, 1.54) is 30.0 Å². The van der Waals surface area contributed by atoms with Gasteiger partial charge < -0.3 is 28.9 Å². The van der Waals surface area contributed by atoms with E-state index in [1.54, 1.807) is 44.2 Å². The van der Waals surface area contributed by atoms with Crippen LogP contribution in [0, 0.1) is 47.1 Å². The van der Waals surface area contributed by atoms with Gasteiger partial charge in [-0.1, -0.05) is 17.9 Å². The molecule has 3 N–H and O–H groups in total. The number of H-pyrrole nitrogens is 1. The fraction of sp³-hybridized carbons (Fsp3) is 0.458. The van der Waals surface area contributed by atoms with Gasteiger partial charge in [-0.05, 0) is 108 Å². The van der Waals surface area contributed by atoms with Gasteiger partial charge in [0.1, 0.15) is 17.6 Å². The van der Waals surface area contributed by atoms with Gasteiger partial charge in [0.15, 0.2) is 5.69 Å². The minimum atomic E-state index is -1.63. The first-order valence-corrected chi connectivity index (χ1v) is 23.3. The summed E-state index contributed by atoms with van der Waals surface area (Å²) in [5, 5.41) is 51.1. The number of nitrogens with zero attached hydrogens (tertiary/aromatic N) is 9. The van der Waals surface area contributed by atoms with Crippen molar-refractivity contribution in [3.05, 3.63) is 114 Å². The Bertz CT molecular complexity index is 2710. The number of carbonyl (C=O) groups excluding carboxylic acids is 1. The number of rotatable bonds is 21. The van der Waals surface area contributed by atoms with Gasteiger partial charge in [0.2, 0.25) is 1.43 Å². The lowest BCUT2D eigenvalue weighted by Gasteiger charge is -2.37. The number of aliphatic hydroxyl groups is 2. The Labute approximate surface area is 405 Å². The highest BCUT2D eigenvalue weighted by Gasteiger charge is 2.39. The van der Waals surface area contributed by atoms with Gasteiger partial charge in [-0.15, -0.1) is 5.11 Å². The molecule has 1 aliphatic rings. The molecule has 20 nitrogen and oxygen atoms in total. The summed E-state index contributed by atoms with van der Waals surface area (Å²) in [6, 6.07) is 17.5. The van der Waals surface area contributed by atoms with Crippen LogP contribution in [0.3, 0.4) is 0 Å². The normalized spacial score (nSPS) is 16.5. The number of azo groups is 2. The molecule has 2 heterocycles. The van der Waals surface area contributed by atoms with Crippen LogP contribution in [0.5, 0.6) is 0 Å². The number of nitro groups is 1. The summed E-state index contributed by atoms with van der Waals surface area (Å²) in [7, 11) is 1.56. The molecule has 0 spiro atoms. The van der Waals surface area contributed by atoms with Crippen molar-refractivity contribution in [2.75, 3.05) is 32.2 Å². The van der Waals surface area contributed by atoms with Crippen molar-refractivity contribution in [1.82, 2.24) is 14.2 Å². The van der Waals surface area contributed by atoms with E-state index in [1.807, 2.05) is 51.8 Å². The number of nitro benzene ring substituents is 1. The van der Waals surface area contributed by atoms with Gasteiger partial charge in [-0.3, -0.25) is 29.3 Å². The van der Waals surface area contributed by atoms with Crippen LogP contribution in [0.2, 0.25) is 0 Å². The molecule has 0 amide bonds. The van der Waals surface area contributed by atoms with Crippen LogP contribution in [0.25, 0.3) is 0 Å². The Morgan fingerprint density at radius 3 is 2.45 bits per heavy atom. The van der Waals surface area contributed by atoms with Crippen LogP contribution < -0.4 is 16.1 Å². The number of aromatic nitrogens is 2. The second-order valence-corrected chi connectivity index (χ2v) is 17.8. The van der Waals surface area contributed by atoms with E-state index in [-0.39, 0.29) is 80.6 Å². The Kier molecular flexibility index (Phi) is 20.4. The van der Waals surface area contributed by atoms with E-state index in [2.05, 4.69) is 53.1 Å². The maximum Gasteiger partial charge on any atom is 0.330 e. The Morgan fingerprint density at radius 2 is 1.80 bits per heavy atom. The predicted octanol–water partition coefficient (Wildman–Crippen LogP) is 9.19. The largest absolute Gasteiger partial charge is 0.400 e. The number of aromatic amines is 1. The number of nitriles is 1. The summed E-state index contributed by atoms with van der Waals surface area (Å²) in [5.74, 6) is 5.40. The second-order valence-electron chi connectivity index (χ2n) is 16.4. The van der Waals surface area contributed by atoms with Gasteiger partial charge in [0.25, 0.3) is 19.8 Å². The average molecular weight is 972 g/mol. The van der Waals surface area contributed by atoms with Crippen LogP contribution in [0.15, 0.2) is 90.8 Å². The molecule has 0 aliphatic carbocycles. The van der Waals surface area contributed by atoms with Crippen molar-refractivity contribution in [2.45, 2.75) is 118 Å². The third-order valence-corrected chi connectivity index (χ3v) is 12.7. The quantitative estimate of drug-likeness (QED) is 0.0176. The SMILES string of the molecule is [2H]CC1OC(n2cc(C#CCC(=O)CCCN(C)c3ccc(N=Nc4cc(C)c(N=Nc5ccc(C)cc5[N+](=O)[O-])cc4CO)cc3)c(=O)[nH]c2=O)CC1OP(OCCC#N)N(C(C)C)C(C)C.[3H]OC. The van der Waals surface area contributed by atoms with Gasteiger partial charge in [-0.2, -0.15) is 20.6 Å². The van der Waals surface area contributed by atoms with E-state index >= 15 is 0 Å². The third-order valence-electron chi connectivity index (χ3n) is 10.5. The number of hydrogen-bond acceptors (Lipinski definition) is 17. The van der Waals surface area contributed by atoms with Crippen molar-refractivity contribution in [3.8, 4) is 17.9 Å². The monoisotopic (exact) mass is 971 g/mol. The number of ketones is 1. The number of aryl methyl sites for hydroxylation is 2. The third kappa shape index (κ3) is 15.8. The molecular formula is C48H61N10O10P. The number of benzene rings is 3. The van der Waals surface area contributed by atoms with E-state index in [0.29, 0.717) is 41.2 Å². The Hall–Kier alpha value is -6.35. The van der Waals surface area contributed by atoms with E-state index in [4.69, 9.17) is 21.8 Å². The molecule has 21 heteroatoms. The van der Waals surface area contributed by atoms with E-state index < -0.39 is 43.1 Å². The number of hydrogen-bond donors (Lipinski definition) is 3. The molecule has 1 aliphatic heterocycles. The molecule has 69 heavy (non-hydrogen) atoms. The van der Waals surface area contributed by atoms with Crippen molar-refractivity contribution in [1.29, 1.82) is 6.69 Å². The molecule has 1 fully saturated rings. The summed E-state index contributed by atoms with van der Waals surface area (Å²) in [4.78, 5) is 53.8. The highest BCUT2D eigenvalue weighted by Crippen LogP contribution is 2.50. The number of Topliss-reactive ketones (excluding diaryl/α,β-unsaturated/α-hetero) is 1. The molecule has 4 atom stereocenters. The molecule has 368 valence electrons. The van der Waals surface area contributed by atoms with Gasteiger partial charge >= 0.3 is 5.69 Å². The first-order valence-electron chi connectivity index (χ1n) is 23.3. The van der Waals surface area contributed by atoms with Crippen molar-refractivity contribution in [2.24, 2.45) is 20.5 Å². The molecule has 3 aromatic carbocycles. The van der Waals surface area contributed by atoms with Crippen LogP contribution in [0.4, 0.5) is 34.1 Å². The van der Waals surface area contributed by atoms with Gasteiger partial charge in [0.05, 0.1) is 66.3 Å². The number of nitrogens with one attached hydrogen (secondary N) is 1. The molecule has 5 rings (SSSR count). The molecule has 4 unspecified atom stereocenters. The van der Waals surface area contributed by atoms with Crippen molar-refractivity contribution >= 4 is 48.4 Å². The average Bonchev–Trinajstić information content (AvgIpc) is 3.73. The number of aliphatic hydroxyl groups excluding tert-OH is 2. The molecular weight excluding hydrogens is 908 g/mol. The smallest absolute Gasteiger partial charge is 0.330 e. The Morgan fingerprint density at radius 1 is 1.10 bits per heavy atom. The lowest BCUT2D eigenvalue weighted by atomic mass is 10.1. The summed E-state index contributed by atoms with van der Waals surface area (Å²) in [6.45, 7) is 11.9. The highest BCUT2D eigenvalue weighted by atomic mass is 31.2. The summed E-state index contributed by atoms with van der Waals surface area (Å²) in [5.41, 5.74) is 2.70. The number of ether oxygens (including phenoxy) is 1. The van der Waals surface area contributed by atoms with Crippen molar-refractivity contribution < 1.29 is 35.1 Å². The van der Waals surface area contributed by atoms with Crippen LogP contribution in [-0.4, -0.2) is 88.2 Å². The van der Waals surface area contributed by atoms with Crippen molar-refractivity contribution in [3.63, 3.8) is 0 Å². The summed E-state index contributed by atoms with van der Waals surface area (Å²) < 4.78 is 35.7. The molecule has 1 aromatic heterocycles. The zero-order chi connectivity index (χ0) is 52.2. The first kappa shape index (κ1) is 52.0. The minimum Gasteiger partial charge on any atom is -0.400 e. The molecule has 0 bridgehead atoms. The van der Waals surface area contributed by atoms with Crippen LogP contribution >= 0.6 is 8.53 Å². The predicted molar refractivity (Wildman–Crippen MR) is 262 cm³/mol. The van der Waals surface area contributed by atoms with Crippen LogP contribution in [-0.2, 0) is 25.2 Å². The molecule has 4 aromatic rings. The van der Waals surface area contributed by atoms with Gasteiger partial charge in [0, 0.05) is 70.5 Å². The lowest BCUT2D eigenvalue weighted by molar-refractivity contribution is -0.384. The molecule has 0 saturated carbocycles. The van der Waals surface area contributed by atoms with Gasteiger partial charge in [-0.25, -0.2) is 9.46 Å². The zero-order valence-corrected chi connectivity index (χ0v) is 41.0. The fourth-order valence-electron chi connectivity index (χ4n) is 7.06. The topological polar surface area (TPSA) is 263 Å². The molecule has 0 radical (unpaired) electrons. The molecule has 1 saturated heterocycles. The van der Waals surface area contributed by atoms with Crippen LogP contribution in [0.1, 0.15) is 96.6 Å². The number of anilines is 1. The minimum absolute atomic E-state index is 0.0151. The zero-order valence-electron chi connectivity index (χ0n) is 42.1. The maximum absolute atomic E-state index is 13.0. The second kappa shape index (κ2) is 27.0. The maximum atomic E-state index is 13.0. The summed E-state index contributed by atoms with van der Waals surface area (Å²) >= 11 is 0. The Balaban J connectivity index is 0.00000356. The van der Waals surface area contributed by atoms with E-state index in [9.17, 15) is 29.6 Å². The summed E-state index contributed by atoms with van der Waals surface area (Å²) in [6.07, 6.45) is 0.227. The number of carbonyl (C=O) groups is 1. The van der Waals surface area contributed by atoms with E-state index in [0.717, 1.165) is 11.3 Å². The lowest BCUT2D eigenvalue weighted by Crippen LogP contribution is -2.35.